The predicted octanol–water partition coefficient (Wildman–Crippen LogP) is 5.06. The summed E-state index contributed by atoms with van der Waals surface area (Å²) in [5.74, 6) is -0.0978. The molecule has 10 heteroatoms. The molecular weight excluding hydrogens is 363 g/mol. The number of carbonyl (C=O) groups is 1. The number of non-ortho nitro benzene ring substituents is 1. The highest BCUT2D eigenvalue weighted by atomic mass is 32.2. The molecule has 1 atom stereocenters. The Balaban J connectivity index is 2.07. The minimum Gasteiger partial charge on any atom is -0.414 e. The minimum absolute atomic E-state index is 0.0978. The molecule has 2 aromatic rings. The fourth-order valence-corrected chi connectivity index (χ4v) is 2.40. The van der Waals surface area contributed by atoms with Crippen LogP contribution in [0.2, 0.25) is 0 Å². The molecule has 0 radical (unpaired) electrons. The number of nitro benzene ring substituents is 1. The van der Waals surface area contributed by atoms with E-state index in [0.717, 1.165) is 24.3 Å². The first kappa shape index (κ1) is 18.6. The molecule has 1 unspecified atom stereocenters. The van der Waals surface area contributed by atoms with Crippen molar-refractivity contribution >= 4 is 23.6 Å². The monoisotopic (exact) mass is 373 g/mol. The number of nitrogens with zero attached hydrogens (tertiary/aromatic N) is 1. The second-order valence-corrected chi connectivity index (χ2v) is 5.65. The van der Waals surface area contributed by atoms with E-state index in [-0.39, 0.29) is 17.0 Å². The molecule has 0 spiro atoms. The lowest BCUT2D eigenvalue weighted by Gasteiger charge is -2.18. The lowest BCUT2D eigenvalue weighted by Crippen LogP contribution is -2.16. The molecule has 2 rings (SSSR count). The number of nitro groups is 1. The van der Waals surface area contributed by atoms with Gasteiger partial charge in [-0.2, -0.15) is 13.2 Å². The zero-order chi connectivity index (χ0) is 18.4. The third-order valence-electron chi connectivity index (χ3n) is 2.76. The highest BCUT2D eigenvalue weighted by Crippen LogP contribution is 2.42. The Kier molecular flexibility index (Phi) is 5.86. The van der Waals surface area contributed by atoms with E-state index < -0.39 is 33.8 Å². The van der Waals surface area contributed by atoms with Gasteiger partial charge in [-0.25, -0.2) is 4.79 Å². The summed E-state index contributed by atoms with van der Waals surface area (Å²) in [6.45, 7) is 0. The summed E-state index contributed by atoms with van der Waals surface area (Å²) in [4.78, 5) is 21.6. The third kappa shape index (κ3) is 5.99. The van der Waals surface area contributed by atoms with Gasteiger partial charge in [-0.3, -0.25) is 10.1 Å². The fraction of sp³-hybridized carbons (Fsp3) is 0.133. The fourth-order valence-electron chi connectivity index (χ4n) is 1.74. The van der Waals surface area contributed by atoms with Crippen LogP contribution in [0.3, 0.4) is 0 Å². The molecule has 0 aromatic heterocycles. The van der Waals surface area contributed by atoms with Crippen LogP contribution < -0.4 is 4.74 Å². The summed E-state index contributed by atoms with van der Waals surface area (Å²) in [5, 5.41) is 10.5. The molecule has 132 valence electrons. The maximum Gasteiger partial charge on any atom is 0.515 e. The molecule has 0 saturated heterocycles. The second-order valence-electron chi connectivity index (χ2n) is 4.53. The summed E-state index contributed by atoms with van der Waals surface area (Å²) in [6.07, 6.45) is -1.36. The van der Waals surface area contributed by atoms with Crippen LogP contribution in [-0.2, 0) is 4.74 Å². The Labute approximate surface area is 143 Å². The molecule has 25 heavy (non-hydrogen) atoms. The zero-order valence-corrected chi connectivity index (χ0v) is 13.1. The van der Waals surface area contributed by atoms with E-state index in [1.807, 2.05) is 0 Å². The number of hydrogen-bond acceptors (Lipinski definition) is 6. The van der Waals surface area contributed by atoms with Crippen molar-refractivity contribution in [2.75, 3.05) is 0 Å². The summed E-state index contributed by atoms with van der Waals surface area (Å²) < 4.78 is 47.5. The molecule has 0 amide bonds. The molecule has 0 aliphatic carbocycles. The third-order valence-corrected chi connectivity index (χ3v) is 3.61. The maximum atomic E-state index is 12.7. The summed E-state index contributed by atoms with van der Waals surface area (Å²) in [7, 11) is 0. The van der Waals surface area contributed by atoms with E-state index in [1.165, 1.54) is 24.3 Å². The van der Waals surface area contributed by atoms with Gasteiger partial charge in [0.05, 0.1) is 4.92 Å². The van der Waals surface area contributed by atoms with Gasteiger partial charge in [-0.05, 0) is 23.9 Å². The molecule has 0 aliphatic rings. The van der Waals surface area contributed by atoms with Crippen molar-refractivity contribution < 1.29 is 32.4 Å². The number of thioether (sulfide) groups is 1. The Morgan fingerprint density at radius 3 is 2.20 bits per heavy atom. The Hall–Kier alpha value is -2.75. The van der Waals surface area contributed by atoms with E-state index in [0.29, 0.717) is 0 Å². The molecule has 0 bridgehead atoms. The number of rotatable bonds is 5. The van der Waals surface area contributed by atoms with Crippen molar-refractivity contribution in [2.24, 2.45) is 0 Å². The van der Waals surface area contributed by atoms with E-state index in [1.54, 1.807) is 6.07 Å². The van der Waals surface area contributed by atoms with Gasteiger partial charge in [0, 0.05) is 17.7 Å². The van der Waals surface area contributed by atoms with Gasteiger partial charge in [0.15, 0.2) is 5.44 Å². The molecule has 0 saturated carbocycles. The number of halogens is 3. The lowest BCUT2D eigenvalue weighted by molar-refractivity contribution is -0.384. The maximum absolute atomic E-state index is 12.7. The number of benzene rings is 2. The van der Waals surface area contributed by atoms with Crippen LogP contribution >= 0.6 is 11.8 Å². The van der Waals surface area contributed by atoms with Gasteiger partial charge >= 0.3 is 11.7 Å². The topological polar surface area (TPSA) is 78.7 Å². The van der Waals surface area contributed by atoms with Crippen LogP contribution in [0.25, 0.3) is 0 Å². The van der Waals surface area contributed by atoms with Crippen molar-refractivity contribution in [1.82, 2.24) is 0 Å². The second kappa shape index (κ2) is 7.88. The SMILES string of the molecule is O=C(Oc1ccc([N+](=O)[O-])cc1)OC(SC(F)(F)F)c1ccccc1. The van der Waals surface area contributed by atoms with Crippen molar-refractivity contribution in [2.45, 2.75) is 10.9 Å². The minimum atomic E-state index is -4.63. The Morgan fingerprint density at radius 2 is 1.68 bits per heavy atom. The largest absolute Gasteiger partial charge is 0.515 e. The highest BCUT2D eigenvalue weighted by molar-refractivity contribution is 8.00. The number of ether oxygens (including phenoxy) is 2. The molecule has 0 aliphatic heterocycles. The van der Waals surface area contributed by atoms with Crippen LogP contribution in [0.1, 0.15) is 11.0 Å². The highest BCUT2D eigenvalue weighted by Gasteiger charge is 2.36. The van der Waals surface area contributed by atoms with E-state index in [9.17, 15) is 28.1 Å². The van der Waals surface area contributed by atoms with E-state index in [4.69, 9.17) is 9.47 Å². The molecule has 0 N–H and O–H groups in total. The van der Waals surface area contributed by atoms with Crippen molar-refractivity contribution in [3.8, 4) is 5.75 Å². The van der Waals surface area contributed by atoms with E-state index >= 15 is 0 Å². The Morgan fingerprint density at radius 1 is 1.08 bits per heavy atom. The zero-order valence-electron chi connectivity index (χ0n) is 12.3. The Bertz CT molecular complexity index is 737. The molecule has 2 aromatic carbocycles. The van der Waals surface area contributed by atoms with Gasteiger partial charge in [0.25, 0.3) is 5.69 Å². The van der Waals surface area contributed by atoms with Gasteiger partial charge in [-0.1, -0.05) is 30.3 Å². The molecule has 6 nitrogen and oxygen atoms in total. The molecule has 0 heterocycles. The first-order valence-electron chi connectivity index (χ1n) is 6.67. The molecular formula is C15H10F3NO5S. The summed E-state index contributed by atoms with van der Waals surface area (Å²) in [5.41, 5.74) is -6.37. The van der Waals surface area contributed by atoms with Crippen molar-refractivity contribution in [3.05, 3.63) is 70.3 Å². The van der Waals surface area contributed by atoms with E-state index in [2.05, 4.69) is 0 Å². The number of alkyl halides is 3. The van der Waals surface area contributed by atoms with Crippen LogP contribution in [0, 0.1) is 10.1 Å². The molecule has 0 fully saturated rings. The number of carbonyl (C=O) groups excluding carboxylic acids is 1. The van der Waals surface area contributed by atoms with Crippen LogP contribution in [0.5, 0.6) is 5.75 Å². The van der Waals surface area contributed by atoms with Crippen molar-refractivity contribution in [1.29, 1.82) is 0 Å². The summed E-state index contributed by atoms with van der Waals surface area (Å²) >= 11 is -0.512. The number of hydrogen-bond donors (Lipinski definition) is 0. The normalized spacial score (nSPS) is 12.3. The average Bonchev–Trinajstić information content (AvgIpc) is 2.54. The average molecular weight is 373 g/mol. The van der Waals surface area contributed by atoms with Gasteiger partial charge < -0.3 is 9.47 Å². The quantitative estimate of drug-likeness (QED) is 0.240. The van der Waals surface area contributed by atoms with Crippen LogP contribution in [0.15, 0.2) is 54.6 Å². The van der Waals surface area contributed by atoms with Crippen LogP contribution in [0.4, 0.5) is 23.7 Å². The van der Waals surface area contributed by atoms with Gasteiger partial charge in [0.1, 0.15) is 5.75 Å². The van der Waals surface area contributed by atoms with Gasteiger partial charge in [-0.15, -0.1) is 0 Å². The van der Waals surface area contributed by atoms with Crippen LogP contribution in [-0.4, -0.2) is 16.6 Å². The lowest BCUT2D eigenvalue weighted by atomic mass is 10.2. The first-order chi connectivity index (χ1) is 11.7. The summed E-state index contributed by atoms with van der Waals surface area (Å²) in [6, 6.07) is 11.8. The smallest absolute Gasteiger partial charge is 0.414 e. The van der Waals surface area contributed by atoms with Crippen molar-refractivity contribution in [3.63, 3.8) is 0 Å². The predicted molar refractivity (Wildman–Crippen MR) is 83.0 cm³/mol. The van der Waals surface area contributed by atoms with Gasteiger partial charge in [0.2, 0.25) is 0 Å². The first-order valence-corrected chi connectivity index (χ1v) is 7.55. The standard InChI is InChI=1S/C15H10F3NO5S/c16-15(17,18)25-13(10-4-2-1-3-5-10)24-14(20)23-12-8-6-11(7-9-12)19(21)22/h1-9,13H.